The Hall–Kier alpha value is -2.09. The normalized spacial score (nSPS) is 20.8. The molecule has 0 saturated carbocycles. The predicted molar refractivity (Wildman–Crippen MR) is 114 cm³/mol. The number of ether oxygens (including phenoxy) is 1. The highest BCUT2D eigenvalue weighted by Crippen LogP contribution is 2.32. The van der Waals surface area contributed by atoms with Crippen molar-refractivity contribution >= 4 is 15.7 Å². The number of anilines is 1. The number of aliphatic hydroxyl groups is 1. The second-order valence-corrected chi connectivity index (χ2v) is 9.67. The van der Waals surface area contributed by atoms with Crippen molar-refractivity contribution in [3.05, 3.63) is 54.6 Å². The van der Waals surface area contributed by atoms with Crippen LogP contribution in [0, 0.1) is 5.92 Å². The largest absolute Gasteiger partial charge is 0.495 e. The van der Waals surface area contributed by atoms with Crippen LogP contribution < -0.4 is 13.9 Å². The molecule has 0 aliphatic carbocycles. The molecule has 0 aromatic heterocycles. The molecule has 7 heteroatoms. The van der Waals surface area contributed by atoms with Crippen molar-refractivity contribution in [2.75, 3.05) is 37.6 Å². The number of nitrogens with one attached hydrogen (secondary N) is 1. The third kappa shape index (κ3) is 5.29. The van der Waals surface area contributed by atoms with Gasteiger partial charge in [-0.15, -0.1) is 0 Å². The molecule has 0 bridgehead atoms. The Balaban J connectivity index is 1.87. The maximum Gasteiger partial charge on any atom is 0.264 e. The first kappa shape index (κ1) is 21.6. The number of methoxy groups -OCH3 is 1. The summed E-state index contributed by atoms with van der Waals surface area (Å²) in [6.07, 6.45) is 1.50. The molecule has 6 nitrogen and oxygen atoms in total. The lowest BCUT2D eigenvalue weighted by Crippen LogP contribution is -3.14. The van der Waals surface area contributed by atoms with Gasteiger partial charge in [0.1, 0.15) is 18.4 Å². The SMILES string of the molecule is COc1ccccc1N(C[C@@H](O)C[NH+]1CCC(C)CC1)S(=O)(=O)c1ccccc1. The number of piperidine rings is 1. The van der Waals surface area contributed by atoms with Crippen LogP contribution in [0.5, 0.6) is 5.75 Å². The molecular weight excluding hydrogens is 388 g/mol. The molecule has 1 atom stereocenters. The maximum atomic E-state index is 13.4. The number of rotatable bonds is 8. The molecule has 2 aromatic rings. The summed E-state index contributed by atoms with van der Waals surface area (Å²) in [5.41, 5.74) is 0.431. The summed E-state index contributed by atoms with van der Waals surface area (Å²) in [5, 5.41) is 10.8. The molecular formula is C22H31N2O4S+. The molecule has 3 rings (SSSR count). The van der Waals surface area contributed by atoms with Crippen molar-refractivity contribution in [1.82, 2.24) is 0 Å². The zero-order valence-corrected chi connectivity index (χ0v) is 17.9. The number of benzene rings is 2. The van der Waals surface area contributed by atoms with Gasteiger partial charge in [-0.2, -0.15) is 0 Å². The highest BCUT2D eigenvalue weighted by Gasteiger charge is 2.31. The van der Waals surface area contributed by atoms with Crippen LogP contribution in [-0.4, -0.2) is 52.9 Å². The summed E-state index contributed by atoms with van der Waals surface area (Å²) in [6, 6.07) is 15.3. The molecule has 0 spiro atoms. The van der Waals surface area contributed by atoms with E-state index < -0.39 is 16.1 Å². The smallest absolute Gasteiger partial charge is 0.264 e. The average molecular weight is 420 g/mol. The third-order valence-corrected chi connectivity index (χ3v) is 7.36. The van der Waals surface area contributed by atoms with Crippen LogP contribution in [-0.2, 0) is 10.0 Å². The lowest BCUT2D eigenvalue weighted by Gasteiger charge is -2.31. The minimum atomic E-state index is -3.85. The van der Waals surface area contributed by atoms with E-state index in [1.165, 1.54) is 16.3 Å². The van der Waals surface area contributed by atoms with Gasteiger partial charge in [0.15, 0.2) is 0 Å². The van der Waals surface area contributed by atoms with Gasteiger partial charge in [-0.25, -0.2) is 8.42 Å². The number of nitrogens with zero attached hydrogens (tertiary/aromatic N) is 1. The molecule has 1 saturated heterocycles. The van der Waals surface area contributed by atoms with Crippen molar-refractivity contribution in [2.24, 2.45) is 5.92 Å². The van der Waals surface area contributed by atoms with Crippen LogP contribution in [0.1, 0.15) is 19.8 Å². The van der Waals surface area contributed by atoms with Gasteiger partial charge in [0, 0.05) is 0 Å². The first-order valence-corrected chi connectivity index (χ1v) is 11.6. The summed E-state index contributed by atoms with van der Waals surface area (Å²) in [7, 11) is -2.33. The van der Waals surface area contributed by atoms with Crippen LogP contribution in [0.3, 0.4) is 0 Å². The second-order valence-electron chi connectivity index (χ2n) is 7.81. The zero-order valence-electron chi connectivity index (χ0n) is 17.1. The van der Waals surface area contributed by atoms with Gasteiger partial charge >= 0.3 is 0 Å². The Morgan fingerprint density at radius 2 is 1.72 bits per heavy atom. The fourth-order valence-corrected chi connectivity index (χ4v) is 5.38. The van der Waals surface area contributed by atoms with Gasteiger partial charge in [0.25, 0.3) is 10.0 Å². The molecule has 1 aliphatic heterocycles. The van der Waals surface area contributed by atoms with Crippen molar-refractivity contribution in [2.45, 2.75) is 30.8 Å². The predicted octanol–water partition coefficient (Wildman–Crippen LogP) is 1.57. The van der Waals surface area contributed by atoms with E-state index in [0.29, 0.717) is 18.0 Å². The van der Waals surface area contributed by atoms with Crippen LogP contribution in [0.25, 0.3) is 0 Å². The Labute approximate surface area is 173 Å². The van der Waals surface area contributed by atoms with Crippen molar-refractivity contribution < 1.29 is 23.2 Å². The topological polar surface area (TPSA) is 71.3 Å². The summed E-state index contributed by atoms with van der Waals surface area (Å²) in [5.74, 6) is 1.18. The maximum absolute atomic E-state index is 13.4. The molecule has 1 aliphatic rings. The van der Waals surface area contributed by atoms with Crippen LogP contribution >= 0.6 is 0 Å². The quantitative estimate of drug-likeness (QED) is 0.681. The van der Waals surface area contributed by atoms with Crippen molar-refractivity contribution in [3.8, 4) is 5.75 Å². The van der Waals surface area contributed by atoms with Gasteiger partial charge in [-0.1, -0.05) is 37.3 Å². The summed E-state index contributed by atoms with van der Waals surface area (Å²) in [6.45, 7) is 4.79. The summed E-state index contributed by atoms with van der Waals surface area (Å²) < 4.78 is 33.5. The van der Waals surface area contributed by atoms with E-state index in [1.54, 1.807) is 54.6 Å². The Kier molecular flexibility index (Phi) is 7.16. The first-order chi connectivity index (χ1) is 13.9. The van der Waals surface area contributed by atoms with Gasteiger partial charge in [0.05, 0.1) is 37.3 Å². The van der Waals surface area contributed by atoms with Gasteiger partial charge in [-0.3, -0.25) is 4.31 Å². The highest BCUT2D eigenvalue weighted by atomic mass is 32.2. The Morgan fingerprint density at radius 1 is 1.10 bits per heavy atom. The molecule has 1 fully saturated rings. The van der Waals surface area contributed by atoms with E-state index in [2.05, 4.69) is 6.92 Å². The van der Waals surface area contributed by atoms with Crippen molar-refractivity contribution in [3.63, 3.8) is 0 Å². The standard InChI is InChI=1S/C22H30N2O4S/c1-18-12-14-23(15-13-18)16-19(25)17-24(21-10-6-7-11-22(21)28-2)29(26,27)20-8-4-3-5-9-20/h3-11,18-19,25H,12-17H2,1-2H3/p+1/t19-/m0/s1. The van der Waals surface area contributed by atoms with Gasteiger partial charge < -0.3 is 14.7 Å². The second kappa shape index (κ2) is 9.61. The zero-order chi connectivity index (χ0) is 20.9. The minimum Gasteiger partial charge on any atom is -0.495 e. The molecule has 2 aromatic carbocycles. The number of para-hydroxylation sites is 2. The number of likely N-dealkylation sites (tertiary alicyclic amines) is 1. The van der Waals surface area contributed by atoms with Gasteiger partial charge in [-0.05, 0) is 43.0 Å². The van der Waals surface area contributed by atoms with E-state index >= 15 is 0 Å². The number of sulfonamides is 1. The van der Waals surface area contributed by atoms with Crippen LogP contribution in [0.15, 0.2) is 59.5 Å². The van der Waals surface area contributed by atoms with E-state index in [9.17, 15) is 13.5 Å². The number of hydrogen-bond acceptors (Lipinski definition) is 4. The molecule has 0 radical (unpaired) electrons. The van der Waals surface area contributed by atoms with Gasteiger partial charge in [0.2, 0.25) is 0 Å². The molecule has 158 valence electrons. The third-order valence-electron chi connectivity index (χ3n) is 5.57. The molecule has 29 heavy (non-hydrogen) atoms. The molecule has 1 heterocycles. The molecule has 2 N–H and O–H groups in total. The molecule has 0 amide bonds. The monoisotopic (exact) mass is 419 g/mol. The first-order valence-electron chi connectivity index (χ1n) is 10.1. The Bertz CT molecular complexity index is 881. The summed E-state index contributed by atoms with van der Waals surface area (Å²) >= 11 is 0. The van der Waals surface area contributed by atoms with E-state index in [1.807, 2.05) is 0 Å². The number of quaternary nitrogens is 1. The van der Waals surface area contributed by atoms with E-state index in [-0.39, 0.29) is 11.4 Å². The lowest BCUT2D eigenvalue weighted by atomic mass is 9.99. The van der Waals surface area contributed by atoms with Crippen LogP contribution in [0.4, 0.5) is 5.69 Å². The van der Waals surface area contributed by atoms with E-state index in [0.717, 1.165) is 31.8 Å². The number of hydrogen-bond donors (Lipinski definition) is 2. The minimum absolute atomic E-state index is 0.0172. The number of aliphatic hydroxyl groups excluding tert-OH is 1. The fraction of sp³-hybridized carbons (Fsp3) is 0.455. The Morgan fingerprint density at radius 3 is 2.38 bits per heavy atom. The molecule has 0 unspecified atom stereocenters. The van der Waals surface area contributed by atoms with E-state index in [4.69, 9.17) is 4.74 Å². The lowest BCUT2D eigenvalue weighted by molar-refractivity contribution is -0.909. The average Bonchev–Trinajstić information content (AvgIpc) is 2.74. The van der Waals surface area contributed by atoms with Crippen LogP contribution in [0.2, 0.25) is 0 Å². The van der Waals surface area contributed by atoms with Crippen molar-refractivity contribution in [1.29, 1.82) is 0 Å². The summed E-state index contributed by atoms with van der Waals surface area (Å²) in [4.78, 5) is 1.52. The fourth-order valence-electron chi connectivity index (χ4n) is 3.85. The highest BCUT2D eigenvalue weighted by molar-refractivity contribution is 7.92.